The maximum absolute atomic E-state index is 11.9. The number of carbonyl (C=O) groups is 1. The summed E-state index contributed by atoms with van der Waals surface area (Å²) in [5.74, 6) is -0.0624. The lowest BCUT2D eigenvalue weighted by Gasteiger charge is -2.11. The topological polar surface area (TPSA) is 51.2 Å². The highest BCUT2D eigenvalue weighted by Crippen LogP contribution is 2.21. The molecule has 0 spiro atoms. The minimum absolute atomic E-state index is 0.0624. The minimum Gasteiger partial charge on any atom is -0.365 e. The van der Waals surface area contributed by atoms with E-state index in [2.05, 4.69) is 10.3 Å². The van der Waals surface area contributed by atoms with Gasteiger partial charge in [0.25, 0.3) is 5.91 Å². The van der Waals surface area contributed by atoms with Crippen LogP contribution in [0.5, 0.6) is 0 Å². The quantitative estimate of drug-likeness (QED) is 0.839. The Morgan fingerprint density at radius 2 is 2.41 bits per heavy atom. The number of rotatable bonds is 3. The number of pyridine rings is 1. The molecule has 1 amide bonds. The fraction of sp³-hybridized carbons (Fsp3) is 0.500. The van der Waals surface area contributed by atoms with Crippen LogP contribution in [-0.4, -0.2) is 29.4 Å². The van der Waals surface area contributed by atoms with Crippen LogP contribution in [0.15, 0.2) is 23.4 Å². The van der Waals surface area contributed by atoms with Crippen LogP contribution in [0.1, 0.15) is 19.8 Å². The number of hydrogen-bond acceptors (Lipinski definition) is 4. The molecule has 1 N–H and O–H groups in total. The molecular formula is C12H16N2O2S. The Morgan fingerprint density at radius 1 is 1.59 bits per heavy atom. The normalized spacial score (nSPS) is 23.6. The van der Waals surface area contributed by atoms with E-state index >= 15 is 0 Å². The van der Waals surface area contributed by atoms with Gasteiger partial charge in [-0.3, -0.25) is 4.79 Å². The molecule has 2 unspecified atom stereocenters. The van der Waals surface area contributed by atoms with Gasteiger partial charge in [0.15, 0.2) is 0 Å². The van der Waals surface area contributed by atoms with Crippen LogP contribution in [-0.2, 0) is 9.53 Å². The first-order chi connectivity index (χ1) is 8.19. The highest BCUT2D eigenvalue weighted by Gasteiger charge is 2.28. The second-order valence-electron chi connectivity index (χ2n) is 4.09. The molecular weight excluding hydrogens is 236 g/mol. The van der Waals surface area contributed by atoms with Crippen molar-refractivity contribution in [3.05, 3.63) is 18.3 Å². The third-order valence-electron chi connectivity index (χ3n) is 2.74. The Bertz CT molecular complexity index is 411. The van der Waals surface area contributed by atoms with E-state index < -0.39 is 0 Å². The Hall–Kier alpha value is -1.07. The largest absolute Gasteiger partial charge is 0.365 e. The van der Waals surface area contributed by atoms with Crippen LogP contribution in [0.4, 0.5) is 5.69 Å². The van der Waals surface area contributed by atoms with Gasteiger partial charge in [0.2, 0.25) is 0 Å². The highest BCUT2D eigenvalue weighted by atomic mass is 32.2. The molecule has 1 saturated heterocycles. The lowest BCUT2D eigenvalue weighted by molar-refractivity contribution is -0.126. The maximum atomic E-state index is 11.9. The van der Waals surface area contributed by atoms with E-state index in [4.69, 9.17) is 4.74 Å². The van der Waals surface area contributed by atoms with Crippen LogP contribution in [0.2, 0.25) is 0 Å². The summed E-state index contributed by atoms with van der Waals surface area (Å²) < 4.78 is 5.52. The Kier molecular flexibility index (Phi) is 4.02. The molecule has 0 radical (unpaired) electrons. The standard InChI is InChI=1S/C12H16N2O2S/c1-8-3-4-10(16-8)12(15)14-9-5-6-13-11(7-9)17-2/h5-8,10H,3-4H2,1-2H3,(H,13,14,15). The van der Waals surface area contributed by atoms with Gasteiger partial charge in [0, 0.05) is 11.9 Å². The molecule has 1 aromatic rings. The minimum atomic E-state index is -0.309. The number of thioether (sulfide) groups is 1. The summed E-state index contributed by atoms with van der Waals surface area (Å²) in [6.07, 6.45) is 5.27. The van der Waals surface area contributed by atoms with Crippen LogP contribution in [0.25, 0.3) is 0 Å². The summed E-state index contributed by atoms with van der Waals surface area (Å²) >= 11 is 1.55. The van der Waals surface area contributed by atoms with Crippen LogP contribution in [0, 0.1) is 0 Å². The molecule has 0 saturated carbocycles. The van der Waals surface area contributed by atoms with Crippen molar-refractivity contribution in [2.45, 2.75) is 37.0 Å². The lowest BCUT2D eigenvalue weighted by atomic mass is 10.2. The predicted molar refractivity (Wildman–Crippen MR) is 68.2 cm³/mol. The number of carbonyl (C=O) groups excluding carboxylic acids is 1. The zero-order chi connectivity index (χ0) is 12.3. The molecule has 2 atom stereocenters. The highest BCUT2D eigenvalue weighted by molar-refractivity contribution is 7.98. The monoisotopic (exact) mass is 252 g/mol. The van der Waals surface area contributed by atoms with Gasteiger partial charge in [-0.2, -0.15) is 0 Å². The molecule has 2 heterocycles. The number of aromatic nitrogens is 1. The Labute approximate surface area is 105 Å². The van der Waals surface area contributed by atoms with E-state index in [1.807, 2.05) is 19.2 Å². The van der Waals surface area contributed by atoms with Gasteiger partial charge in [0.05, 0.1) is 11.1 Å². The summed E-state index contributed by atoms with van der Waals surface area (Å²) in [7, 11) is 0. The van der Waals surface area contributed by atoms with E-state index in [1.165, 1.54) is 0 Å². The van der Waals surface area contributed by atoms with Crippen molar-refractivity contribution in [3.8, 4) is 0 Å². The third kappa shape index (κ3) is 3.20. The molecule has 1 aliphatic heterocycles. The van der Waals surface area contributed by atoms with Crippen molar-refractivity contribution in [2.75, 3.05) is 11.6 Å². The first kappa shape index (κ1) is 12.4. The van der Waals surface area contributed by atoms with Gasteiger partial charge in [-0.05, 0) is 38.2 Å². The fourth-order valence-corrected chi connectivity index (χ4v) is 2.23. The van der Waals surface area contributed by atoms with Gasteiger partial charge in [-0.25, -0.2) is 4.98 Å². The van der Waals surface area contributed by atoms with Gasteiger partial charge in [0.1, 0.15) is 6.10 Å². The van der Waals surface area contributed by atoms with Crippen molar-refractivity contribution in [2.24, 2.45) is 0 Å². The molecule has 2 rings (SSSR count). The van der Waals surface area contributed by atoms with E-state index in [0.717, 1.165) is 23.6 Å². The van der Waals surface area contributed by atoms with Crippen molar-refractivity contribution < 1.29 is 9.53 Å². The molecule has 17 heavy (non-hydrogen) atoms. The second-order valence-corrected chi connectivity index (χ2v) is 4.92. The predicted octanol–water partition coefficient (Wildman–Crippen LogP) is 2.31. The zero-order valence-electron chi connectivity index (χ0n) is 9.97. The summed E-state index contributed by atoms with van der Waals surface area (Å²) in [5.41, 5.74) is 0.775. The molecule has 1 fully saturated rings. The summed E-state index contributed by atoms with van der Waals surface area (Å²) in [6, 6.07) is 3.65. The average molecular weight is 252 g/mol. The van der Waals surface area contributed by atoms with Crippen LogP contribution < -0.4 is 5.32 Å². The summed E-state index contributed by atoms with van der Waals surface area (Å²) in [6.45, 7) is 1.99. The number of ether oxygens (including phenoxy) is 1. The number of anilines is 1. The molecule has 1 aromatic heterocycles. The van der Waals surface area contributed by atoms with E-state index in [0.29, 0.717) is 0 Å². The smallest absolute Gasteiger partial charge is 0.253 e. The second kappa shape index (κ2) is 5.51. The van der Waals surface area contributed by atoms with Crippen molar-refractivity contribution in [3.63, 3.8) is 0 Å². The molecule has 0 aromatic carbocycles. The van der Waals surface area contributed by atoms with Gasteiger partial charge in [-0.1, -0.05) is 0 Å². The van der Waals surface area contributed by atoms with E-state index in [1.54, 1.807) is 24.0 Å². The number of amides is 1. The van der Waals surface area contributed by atoms with Crippen molar-refractivity contribution >= 4 is 23.4 Å². The van der Waals surface area contributed by atoms with Crippen LogP contribution in [0.3, 0.4) is 0 Å². The molecule has 0 aliphatic carbocycles. The number of hydrogen-bond donors (Lipinski definition) is 1. The Balaban J connectivity index is 1.98. The number of nitrogens with zero attached hydrogens (tertiary/aromatic N) is 1. The first-order valence-electron chi connectivity index (χ1n) is 5.65. The average Bonchev–Trinajstić information content (AvgIpc) is 2.76. The lowest BCUT2D eigenvalue weighted by Crippen LogP contribution is -2.27. The third-order valence-corrected chi connectivity index (χ3v) is 3.38. The summed E-state index contributed by atoms with van der Waals surface area (Å²) in [4.78, 5) is 16.1. The van der Waals surface area contributed by atoms with E-state index in [9.17, 15) is 4.79 Å². The first-order valence-corrected chi connectivity index (χ1v) is 6.88. The van der Waals surface area contributed by atoms with Crippen molar-refractivity contribution in [1.29, 1.82) is 0 Å². The number of nitrogens with one attached hydrogen (secondary N) is 1. The Morgan fingerprint density at radius 3 is 3.06 bits per heavy atom. The molecule has 5 heteroatoms. The summed E-state index contributed by atoms with van der Waals surface area (Å²) in [5, 5.41) is 3.75. The SMILES string of the molecule is CSc1cc(NC(=O)C2CCC(C)O2)ccn1. The zero-order valence-corrected chi connectivity index (χ0v) is 10.8. The molecule has 1 aliphatic rings. The molecule has 0 bridgehead atoms. The molecule has 4 nitrogen and oxygen atoms in total. The molecule has 92 valence electrons. The maximum Gasteiger partial charge on any atom is 0.253 e. The van der Waals surface area contributed by atoms with E-state index in [-0.39, 0.29) is 18.1 Å². The van der Waals surface area contributed by atoms with Gasteiger partial charge >= 0.3 is 0 Å². The van der Waals surface area contributed by atoms with Gasteiger partial charge in [-0.15, -0.1) is 11.8 Å². The van der Waals surface area contributed by atoms with Crippen LogP contribution >= 0.6 is 11.8 Å². The fourth-order valence-electron chi connectivity index (χ4n) is 1.82. The van der Waals surface area contributed by atoms with Crippen molar-refractivity contribution in [1.82, 2.24) is 4.98 Å². The van der Waals surface area contributed by atoms with Gasteiger partial charge < -0.3 is 10.1 Å².